The maximum Gasteiger partial charge on any atom is 0.250 e. The van der Waals surface area contributed by atoms with Crippen LogP contribution >= 0.6 is 12.4 Å². The minimum absolute atomic E-state index is 0. The van der Waals surface area contributed by atoms with Crippen LogP contribution in [0.1, 0.15) is 19.3 Å². The summed E-state index contributed by atoms with van der Waals surface area (Å²) in [6, 6.07) is 1.75. The lowest BCUT2D eigenvalue weighted by atomic mass is 9.92. The molecular formula is C15H19ClN6O. The number of amides is 1. The van der Waals surface area contributed by atoms with Crippen LogP contribution in [0.25, 0.3) is 5.95 Å². The summed E-state index contributed by atoms with van der Waals surface area (Å²) in [7, 11) is 0. The van der Waals surface area contributed by atoms with Crippen molar-refractivity contribution in [2.45, 2.75) is 19.3 Å². The molecule has 1 atom stereocenters. The molecule has 0 bridgehead atoms. The molecule has 2 aromatic heterocycles. The minimum Gasteiger partial charge on any atom is -0.323 e. The lowest BCUT2D eigenvalue weighted by Crippen LogP contribution is -2.31. The van der Waals surface area contributed by atoms with Crippen LogP contribution in [0.5, 0.6) is 0 Å². The molecule has 3 heterocycles. The van der Waals surface area contributed by atoms with E-state index >= 15 is 0 Å². The Bertz CT molecular complexity index is 682. The number of hydrogen-bond donors (Lipinski definition) is 2. The molecule has 1 aliphatic heterocycles. The van der Waals surface area contributed by atoms with Gasteiger partial charge in [-0.3, -0.25) is 4.79 Å². The zero-order valence-electron chi connectivity index (χ0n) is 12.6. The van der Waals surface area contributed by atoms with Gasteiger partial charge in [-0.05, 0) is 43.8 Å². The number of carbonyl (C=O) groups excluding carboxylic acids is 1. The lowest BCUT2D eigenvalue weighted by Gasteiger charge is -2.23. The number of nitrogens with zero attached hydrogens (tertiary/aromatic N) is 4. The number of piperidine rings is 1. The van der Waals surface area contributed by atoms with Crippen molar-refractivity contribution in [2.24, 2.45) is 11.3 Å². The molecular weight excluding hydrogens is 316 g/mol. The Hall–Kier alpha value is -1.99. The topological polar surface area (TPSA) is 84.7 Å². The van der Waals surface area contributed by atoms with E-state index in [9.17, 15) is 4.79 Å². The summed E-state index contributed by atoms with van der Waals surface area (Å²) in [6.07, 6.45) is 9.90. The molecule has 7 nitrogen and oxygen atoms in total. The summed E-state index contributed by atoms with van der Waals surface area (Å²) in [5.41, 5.74) is 0.932. The highest BCUT2D eigenvalue weighted by Gasteiger charge is 2.57. The van der Waals surface area contributed by atoms with Crippen molar-refractivity contribution in [1.29, 1.82) is 0 Å². The van der Waals surface area contributed by atoms with Crippen LogP contribution in [0.2, 0.25) is 0 Å². The second-order valence-electron chi connectivity index (χ2n) is 6.08. The SMILES string of the molecule is Cl.O=C(Nc1cnn(-c2ncccn2)c1)C1CC12CCNCC2. The van der Waals surface area contributed by atoms with Crippen molar-refractivity contribution in [2.75, 3.05) is 18.4 Å². The van der Waals surface area contributed by atoms with Crippen molar-refractivity contribution in [1.82, 2.24) is 25.1 Å². The summed E-state index contributed by atoms with van der Waals surface area (Å²) in [6.45, 7) is 2.04. The zero-order chi connectivity index (χ0) is 15.0. The smallest absolute Gasteiger partial charge is 0.250 e. The fourth-order valence-corrected chi connectivity index (χ4v) is 3.33. The first-order chi connectivity index (χ1) is 10.8. The van der Waals surface area contributed by atoms with Crippen LogP contribution < -0.4 is 10.6 Å². The van der Waals surface area contributed by atoms with E-state index in [0.29, 0.717) is 11.6 Å². The van der Waals surface area contributed by atoms with Crippen LogP contribution in [0, 0.1) is 11.3 Å². The van der Waals surface area contributed by atoms with Crippen LogP contribution in [0.4, 0.5) is 5.69 Å². The molecule has 122 valence electrons. The first-order valence-electron chi connectivity index (χ1n) is 7.61. The van der Waals surface area contributed by atoms with E-state index in [1.807, 2.05) is 0 Å². The largest absolute Gasteiger partial charge is 0.323 e. The predicted molar refractivity (Wildman–Crippen MR) is 87.7 cm³/mol. The second-order valence-corrected chi connectivity index (χ2v) is 6.08. The fraction of sp³-hybridized carbons (Fsp3) is 0.467. The highest BCUT2D eigenvalue weighted by atomic mass is 35.5. The van der Waals surface area contributed by atoms with Gasteiger partial charge in [-0.25, -0.2) is 14.6 Å². The van der Waals surface area contributed by atoms with Gasteiger partial charge in [0.2, 0.25) is 11.9 Å². The molecule has 1 amide bonds. The second kappa shape index (κ2) is 6.25. The van der Waals surface area contributed by atoms with Crippen molar-refractivity contribution < 1.29 is 4.79 Å². The van der Waals surface area contributed by atoms with E-state index < -0.39 is 0 Å². The van der Waals surface area contributed by atoms with Gasteiger partial charge in [0, 0.05) is 18.3 Å². The Balaban J connectivity index is 0.00000156. The standard InChI is InChI=1S/C15H18N6O.ClH/c22-13(12-8-15(12)2-6-16-7-3-15)20-11-9-19-21(10-11)14-17-4-1-5-18-14;/h1,4-5,9-10,12,16H,2-3,6-8H2,(H,20,22);1H. The summed E-state index contributed by atoms with van der Waals surface area (Å²) in [5.74, 6) is 0.741. The van der Waals surface area contributed by atoms with Crippen molar-refractivity contribution in [3.05, 3.63) is 30.9 Å². The van der Waals surface area contributed by atoms with Crippen molar-refractivity contribution in [3.63, 3.8) is 0 Å². The quantitative estimate of drug-likeness (QED) is 0.886. The summed E-state index contributed by atoms with van der Waals surface area (Å²) >= 11 is 0. The Morgan fingerprint density at radius 2 is 2.04 bits per heavy atom. The van der Waals surface area contributed by atoms with Crippen molar-refractivity contribution in [3.8, 4) is 5.95 Å². The van der Waals surface area contributed by atoms with Gasteiger partial charge in [0.15, 0.2) is 0 Å². The van der Waals surface area contributed by atoms with Crippen LogP contribution in [0.3, 0.4) is 0 Å². The third-order valence-electron chi connectivity index (χ3n) is 4.71. The molecule has 0 aromatic carbocycles. The van der Waals surface area contributed by atoms with Crippen LogP contribution in [-0.2, 0) is 4.79 Å². The van der Waals surface area contributed by atoms with E-state index in [-0.39, 0.29) is 29.6 Å². The molecule has 8 heteroatoms. The van der Waals surface area contributed by atoms with Crippen molar-refractivity contribution >= 4 is 24.0 Å². The monoisotopic (exact) mass is 334 g/mol. The highest BCUT2D eigenvalue weighted by molar-refractivity contribution is 5.94. The Morgan fingerprint density at radius 3 is 2.78 bits per heavy atom. The first-order valence-corrected chi connectivity index (χ1v) is 7.61. The molecule has 2 aliphatic rings. The fourth-order valence-electron chi connectivity index (χ4n) is 3.33. The Kier molecular flexibility index (Phi) is 4.32. The average Bonchev–Trinajstić information content (AvgIpc) is 3.04. The molecule has 0 radical (unpaired) electrons. The third-order valence-corrected chi connectivity index (χ3v) is 4.71. The van der Waals surface area contributed by atoms with E-state index in [1.54, 1.807) is 35.5 Å². The van der Waals surface area contributed by atoms with Gasteiger partial charge in [0.25, 0.3) is 0 Å². The molecule has 1 spiro atoms. The van der Waals surface area contributed by atoms with Gasteiger partial charge in [-0.15, -0.1) is 12.4 Å². The van der Waals surface area contributed by atoms with Gasteiger partial charge in [-0.1, -0.05) is 0 Å². The van der Waals surface area contributed by atoms with Crippen LogP contribution in [-0.4, -0.2) is 38.7 Å². The molecule has 2 fully saturated rings. The average molecular weight is 335 g/mol. The third kappa shape index (κ3) is 3.07. The van der Waals surface area contributed by atoms with E-state index in [1.165, 1.54) is 0 Å². The number of nitrogens with one attached hydrogen (secondary N) is 2. The minimum atomic E-state index is 0. The first kappa shape index (κ1) is 15.9. The number of hydrogen-bond acceptors (Lipinski definition) is 5. The number of anilines is 1. The predicted octanol–water partition coefficient (Wildman–Crippen LogP) is 1.41. The molecule has 1 saturated carbocycles. The van der Waals surface area contributed by atoms with Gasteiger partial charge in [-0.2, -0.15) is 5.10 Å². The van der Waals surface area contributed by atoms with E-state index in [0.717, 1.165) is 32.4 Å². The molecule has 4 rings (SSSR count). The number of rotatable bonds is 3. The molecule has 23 heavy (non-hydrogen) atoms. The molecule has 1 saturated heterocycles. The van der Waals surface area contributed by atoms with Gasteiger partial charge < -0.3 is 10.6 Å². The summed E-state index contributed by atoms with van der Waals surface area (Å²) in [5, 5.41) is 10.5. The maximum absolute atomic E-state index is 12.4. The molecule has 2 N–H and O–H groups in total. The van der Waals surface area contributed by atoms with E-state index in [4.69, 9.17) is 0 Å². The van der Waals surface area contributed by atoms with Crippen LogP contribution in [0.15, 0.2) is 30.9 Å². The van der Waals surface area contributed by atoms with Gasteiger partial charge in [0.1, 0.15) is 0 Å². The number of carbonyl (C=O) groups is 1. The van der Waals surface area contributed by atoms with Gasteiger partial charge in [0.05, 0.1) is 18.1 Å². The Labute approximate surface area is 140 Å². The molecule has 1 unspecified atom stereocenters. The summed E-state index contributed by atoms with van der Waals surface area (Å²) < 4.78 is 1.56. The number of halogens is 1. The summed E-state index contributed by atoms with van der Waals surface area (Å²) in [4.78, 5) is 20.6. The number of aromatic nitrogens is 4. The molecule has 1 aliphatic carbocycles. The maximum atomic E-state index is 12.4. The van der Waals surface area contributed by atoms with Gasteiger partial charge >= 0.3 is 0 Å². The highest BCUT2D eigenvalue weighted by Crippen LogP contribution is 2.58. The normalized spacial score (nSPS) is 21.5. The lowest BCUT2D eigenvalue weighted by molar-refractivity contribution is -0.118. The Morgan fingerprint density at radius 1 is 1.30 bits per heavy atom. The zero-order valence-corrected chi connectivity index (χ0v) is 13.4. The van der Waals surface area contributed by atoms with E-state index in [2.05, 4.69) is 25.7 Å². The molecule has 2 aromatic rings.